The van der Waals surface area contributed by atoms with Crippen LogP contribution in [0.15, 0.2) is 176 Å². The quantitative estimate of drug-likeness (QED) is 0.136. The molecule has 2 amide bonds. The molecular formula is C57H59Cl2N5O. The highest BCUT2D eigenvalue weighted by Crippen LogP contribution is 2.31. The van der Waals surface area contributed by atoms with Crippen molar-refractivity contribution < 1.29 is 4.79 Å². The van der Waals surface area contributed by atoms with Crippen LogP contribution >= 0.6 is 23.2 Å². The lowest BCUT2D eigenvalue weighted by Gasteiger charge is -2.41. The Morgan fingerprint density at radius 2 is 1.05 bits per heavy atom. The van der Waals surface area contributed by atoms with Gasteiger partial charge in [-0.15, -0.1) is 0 Å². The fourth-order valence-corrected chi connectivity index (χ4v) is 9.45. The third-order valence-corrected chi connectivity index (χ3v) is 13.1. The molecule has 0 bridgehead atoms. The van der Waals surface area contributed by atoms with E-state index in [1.54, 1.807) is 0 Å². The number of benzene rings is 7. The second kappa shape index (κ2) is 22.4. The van der Waals surface area contributed by atoms with Gasteiger partial charge in [-0.05, 0) is 96.5 Å². The molecule has 6 nitrogen and oxygen atoms in total. The fourth-order valence-electron chi connectivity index (χ4n) is 9.00. The number of carbonyl (C=O) groups is 1. The largest absolute Gasteiger partial charge is 0.322 e. The summed E-state index contributed by atoms with van der Waals surface area (Å²) in [6, 6.07) is 61.3. The molecule has 2 N–H and O–H groups in total. The Kier molecular flexibility index (Phi) is 15.8. The normalized spacial score (nSPS) is 16.6. The lowest BCUT2D eigenvalue weighted by atomic mass is 10.0. The van der Waals surface area contributed by atoms with Crippen LogP contribution in [-0.2, 0) is 25.9 Å². The third-order valence-electron chi connectivity index (χ3n) is 12.4. The molecule has 8 heteroatoms. The van der Waals surface area contributed by atoms with E-state index in [0.29, 0.717) is 12.6 Å². The smallest absolute Gasteiger partial charge is 0.319 e. The predicted octanol–water partition coefficient (Wildman–Crippen LogP) is 12.6. The van der Waals surface area contributed by atoms with E-state index in [-0.39, 0.29) is 12.1 Å². The summed E-state index contributed by atoms with van der Waals surface area (Å²) < 4.78 is 0. The first kappa shape index (κ1) is 45.8. The van der Waals surface area contributed by atoms with Gasteiger partial charge < -0.3 is 15.5 Å². The van der Waals surface area contributed by atoms with Crippen LogP contribution in [0.3, 0.4) is 0 Å². The predicted molar refractivity (Wildman–Crippen MR) is 272 cm³/mol. The van der Waals surface area contributed by atoms with Gasteiger partial charge in [-0.1, -0.05) is 174 Å². The highest BCUT2D eigenvalue weighted by molar-refractivity contribution is 6.33. The zero-order valence-corrected chi connectivity index (χ0v) is 39.0. The highest BCUT2D eigenvalue weighted by Gasteiger charge is 2.31. The van der Waals surface area contributed by atoms with Gasteiger partial charge in [0.2, 0.25) is 0 Å². The topological polar surface area (TPSA) is 50.9 Å². The molecule has 0 aromatic heterocycles. The summed E-state index contributed by atoms with van der Waals surface area (Å²) in [6.45, 7) is 11.6. The lowest BCUT2D eigenvalue weighted by Crippen LogP contribution is -2.56. The number of piperazine rings is 2. The van der Waals surface area contributed by atoms with Gasteiger partial charge in [0.15, 0.2) is 0 Å². The second-order valence-electron chi connectivity index (χ2n) is 17.5. The molecule has 2 aliphatic heterocycles. The molecule has 9 rings (SSSR count). The summed E-state index contributed by atoms with van der Waals surface area (Å²) in [5.41, 5.74) is 13.0. The number of rotatable bonds is 11. The van der Waals surface area contributed by atoms with Crippen LogP contribution in [-0.4, -0.2) is 72.1 Å². The first-order valence-electron chi connectivity index (χ1n) is 22.8. The molecule has 7 aromatic rings. The average molecular weight is 901 g/mol. The molecule has 2 saturated heterocycles. The Bertz CT molecular complexity index is 2590. The maximum Gasteiger partial charge on any atom is 0.322 e. The van der Waals surface area contributed by atoms with Gasteiger partial charge in [-0.25, -0.2) is 4.79 Å². The summed E-state index contributed by atoms with van der Waals surface area (Å²) in [7, 11) is 0. The average Bonchev–Trinajstić information content (AvgIpc) is 3.32. The lowest BCUT2D eigenvalue weighted by molar-refractivity contribution is 0.0958. The molecule has 2 unspecified atom stereocenters. The molecule has 2 atom stereocenters. The third kappa shape index (κ3) is 13.0. The number of urea groups is 1. The van der Waals surface area contributed by atoms with Crippen molar-refractivity contribution >= 4 is 34.9 Å². The van der Waals surface area contributed by atoms with Gasteiger partial charge in [-0.2, -0.15) is 0 Å². The summed E-state index contributed by atoms with van der Waals surface area (Å²) in [6.07, 6.45) is 1.91. The van der Waals surface area contributed by atoms with E-state index < -0.39 is 0 Å². The van der Waals surface area contributed by atoms with Gasteiger partial charge in [0, 0.05) is 85.3 Å². The monoisotopic (exact) mass is 899 g/mol. The van der Waals surface area contributed by atoms with Crippen LogP contribution in [0.1, 0.15) is 33.4 Å². The SMILES string of the molecule is Cc1ccc(Cl)c(-c2ccc(CN3CCN(C(=O)Nc4ccccc4)C(Cc4ccccc4)C3)cc2)c1.Cc1ccc(Cl)c(-c2ccc(CN3CCNC(Cc4ccccc4)C3)cc2)c1. The number of nitrogens with one attached hydrogen (secondary N) is 2. The van der Waals surface area contributed by atoms with Crippen molar-refractivity contribution in [1.29, 1.82) is 0 Å². The Hall–Kier alpha value is -5.73. The summed E-state index contributed by atoms with van der Waals surface area (Å²) in [5, 5.41) is 8.33. The van der Waals surface area contributed by atoms with E-state index in [0.717, 1.165) is 91.1 Å². The van der Waals surface area contributed by atoms with Gasteiger partial charge >= 0.3 is 6.03 Å². The van der Waals surface area contributed by atoms with Gasteiger partial charge in [0.05, 0.1) is 6.04 Å². The number of hydrogen-bond donors (Lipinski definition) is 2. The highest BCUT2D eigenvalue weighted by atomic mass is 35.5. The molecule has 0 radical (unpaired) electrons. The maximum atomic E-state index is 13.2. The Morgan fingerprint density at radius 1 is 0.554 bits per heavy atom. The van der Waals surface area contributed by atoms with E-state index in [1.165, 1.54) is 38.9 Å². The molecule has 0 spiro atoms. The molecule has 0 aliphatic carbocycles. The van der Waals surface area contributed by atoms with E-state index in [1.807, 2.05) is 59.5 Å². The van der Waals surface area contributed by atoms with Crippen molar-refractivity contribution in [1.82, 2.24) is 20.0 Å². The fraction of sp³-hybridized carbons (Fsp3) is 0.246. The molecular weight excluding hydrogens is 842 g/mol. The van der Waals surface area contributed by atoms with Gasteiger partial charge in [0.25, 0.3) is 0 Å². The van der Waals surface area contributed by atoms with Crippen molar-refractivity contribution in [3.63, 3.8) is 0 Å². The number of anilines is 1. The summed E-state index contributed by atoms with van der Waals surface area (Å²) >= 11 is 12.8. The number of aryl methyl sites for hydroxylation is 2. The zero-order chi connectivity index (χ0) is 45.0. The first-order chi connectivity index (χ1) is 31.7. The van der Waals surface area contributed by atoms with Crippen molar-refractivity contribution in [3.05, 3.63) is 219 Å². The summed E-state index contributed by atoms with van der Waals surface area (Å²) in [5.74, 6) is 0. The van der Waals surface area contributed by atoms with E-state index in [4.69, 9.17) is 23.2 Å². The van der Waals surface area contributed by atoms with Gasteiger partial charge in [-0.3, -0.25) is 9.80 Å². The molecule has 332 valence electrons. The van der Waals surface area contributed by atoms with E-state index in [2.05, 4.69) is 156 Å². The van der Waals surface area contributed by atoms with Gasteiger partial charge in [0.1, 0.15) is 0 Å². The molecule has 65 heavy (non-hydrogen) atoms. The Morgan fingerprint density at radius 3 is 1.58 bits per heavy atom. The van der Waals surface area contributed by atoms with Crippen LogP contribution in [0.4, 0.5) is 10.5 Å². The van der Waals surface area contributed by atoms with Crippen LogP contribution in [0.2, 0.25) is 10.0 Å². The van der Waals surface area contributed by atoms with Crippen molar-refractivity contribution in [2.75, 3.05) is 44.6 Å². The van der Waals surface area contributed by atoms with E-state index in [9.17, 15) is 4.79 Å². The number of amides is 2. The van der Waals surface area contributed by atoms with Crippen molar-refractivity contribution in [2.24, 2.45) is 0 Å². The number of nitrogens with zero attached hydrogens (tertiary/aromatic N) is 3. The number of carbonyl (C=O) groups excluding carboxylic acids is 1. The second-order valence-corrected chi connectivity index (χ2v) is 18.3. The minimum absolute atomic E-state index is 0.0360. The van der Waals surface area contributed by atoms with Crippen molar-refractivity contribution in [2.45, 2.75) is 51.9 Å². The van der Waals surface area contributed by atoms with Crippen LogP contribution in [0, 0.1) is 13.8 Å². The molecule has 0 saturated carbocycles. The van der Waals surface area contributed by atoms with E-state index >= 15 is 0 Å². The molecule has 7 aromatic carbocycles. The minimum atomic E-state index is -0.0360. The number of hydrogen-bond acceptors (Lipinski definition) is 4. The van der Waals surface area contributed by atoms with Crippen LogP contribution in [0.5, 0.6) is 0 Å². The minimum Gasteiger partial charge on any atom is -0.319 e. The number of halogens is 2. The first-order valence-corrected chi connectivity index (χ1v) is 23.6. The summed E-state index contributed by atoms with van der Waals surface area (Å²) in [4.78, 5) is 20.2. The molecule has 2 aliphatic rings. The Balaban J connectivity index is 0.000000184. The van der Waals surface area contributed by atoms with Crippen LogP contribution < -0.4 is 10.6 Å². The molecule has 2 fully saturated rings. The number of para-hydroxylation sites is 1. The zero-order valence-electron chi connectivity index (χ0n) is 37.5. The Labute approximate surface area is 395 Å². The maximum absolute atomic E-state index is 13.2. The molecule has 2 heterocycles. The standard InChI is InChI=1S/C32H32ClN3O.C25H27ClN2/c1-24-12-17-31(33)30(20-24)27-15-13-26(14-16-27)22-35-18-19-36(32(37)34-28-10-6-3-7-11-28)29(23-35)21-25-8-4-2-5-9-25;1-19-7-12-25(26)24(15-19)22-10-8-21(9-11-22)17-28-14-13-27-23(18-28)16-20-5-3-2-4-6-20/h2-17,20,29H,18-19,21-23H2,1H3,(H,34,37);2-12,15,23,27H,13-14,16-18H2,1H3. The van der Waals surface area contributed by atoms with Crippen LogP contribution in [0.25, 0.3) is 22.3 Å². The van der Waals surface area contributed by atoms with Crippen molar-refractivity contribution in [3.8, 4) is 22.3 Å².